The highest BCUT2D eigenvalue weighted by Crippen LogP contribution is 2.26. The van der Waals surface area contributed by atoms with Crippen LogP contribution in [0.4, 0.5) is 8.78 Å². The van der Waals surface area contributed by atoms with Gasteiger partial charge in [-0.25, -0.2) is 0 Å². The number of aryl methyl sites for hydroxylation is 2. The molecule has 120 valence electrons. The van der Waals surface area contributed by atoms with E-state index in [1.165, 1.54) is 0 Å². The molecule has 1 atom stereocenters. The maximum absolute atomic E-state index is 12.5. The zero-order valence-electron chi connectivity index (χ0n) is 12.7. The maximum Gasteiger partial charge on any atom is 0.387 e. The highest BCUT2D eigenvalue weighted by atomic mass is 35.5. The van der Waals surface area contributed by atoms with Crippen molar-refractivity contribution >= 4 is 12.4 Å². The lowest BCUT2D eigenvalue weighted by Crippen LogP contribution is -2.48. The molecular weight excluding hydrogens is 298 g/mol. The molecule has 0 unspecified atom stereocenters. The van der Waals surface area contributed by atoms with Crippen LogP contribution in [0, 0.1) is 13.8 Å². The van der Waals surface area contributed by atoms with E-state index in [2.05, 4.69) is 21.9 Å². The van der Waals surface area contributed by atoms with Crippen molar-refractivity contribution in [2.24, 2.45) is 0 Å². The van der Waals surface area contributed by atoms with Crippen molar-refractivity contribution in [3.05, 3.63) is 28.8 Å². The fraction of sp³-hybridized carbons (Fsp3) is 0.600. The van der Waals surface area contributed by atoms with Crippen LogP contribution in [-0.2, 0) is 6.54 Å². The van der Waals surface area contributed by atoms with E-state index in [9.17, 15) is 8.78 Å². The summed E-state index contributed by atoms with van der Waals surface area (Å²) in [5.41, 5.74) is 2.91. The van der Waals surface area contributed by atoms with E-state index in [1.807, 2.05) is 19.9 Å². The van der Waals surface area contributed by atoms with E-state index in [0.29, 0.717) is 18.3 Å². The number of hydrogen-bond acceptors (Lipinski definition) is 3. The predicted molar refractivity (Wildman–Crippen MR) is 82.5 cm³/mol. The molecule has 1 aliphatic rings. The van der Waals surface area contributed by atoms with Gasteiger partial charge in [0.25, 0.3) is 0 Å². The maximum atomic E-state index is 12.5. The number of nitrogens with zero attached hydrogens (tertiary/aromatic N) is 1. The molecule has 1 heterocycles. The van der Waals surface area contributed by atoms with Crippen LogP contribution in [0.25, 0.3) is 0 Å². The standard InChI is InChI=1S/C15H22F2N2O.ClH/c1-10-6-13(9-19-5-4-18-12(3)8-19)14(7-11(10)2)20-15(16)17;/h6-7,12,15,18H,4-5,8-9H2,1-3H3;1H/t12-;/m1./s1. The average Bonchev–Trinajstić information content (AvgIpc) is 2.35. The predicted octanol–water partition coefficient (Wildman–Crippen LogP) is 3.12. The second kappa shape index (κ2) is 7.92. The third-order valence-electron chi connectivity index (χ3n) is 3.74. The van der Waals surface area contributed by atoms with Crippen molar-refractivity contribution in [3.63, 3.8) is 0 Å². The van der Waals surface area contributed by atoms with Crippen molar-refractivity contribution < 1.29 is 13.5 Å². The summed E-state index contributed by atoms with van der Waals surface area (Å²) in [7, 11) is 0. The van der Waals surface area contributed by atoms with Gasteiger partial charge in [0.05, 0.1) is 0 Å². The van der Waals surface area contributed by atoms with Crippen molar-refractivity contribution in [3.8, 4) is 5.75 Å². The van der Waals surface area contributed by atoms with E-state index in [1.54, 1.807) is 6.07 Å². The number of alkyl halides is 2. The molecule has 6 heteroatoms. The molecule has 0 bridgehead atoms. The van der Waals surface area contributed by atoms with Gasteiger partial charge in [0.2, 0.25) is 0 Å². The molecule has 0 spiro atoms. The quantitative estimate of drug-likeness (QED) is 0.922. The molecule has 1 saturated heterocycles. The summed E-state index contributed by atoms with van der Waals surface area (Å²) >= 11 is 0. The van der Waals surface area contributed by atoms with Gasteiger partial charge in [-0.1, -0.05) is 6.07 Å². The Balaban J connectivity index is 0.00000220. The van der Waals surface area contributed by atoms with Crippen molar-refractivity contribution in [2.45, 2.75) is 40.0 Å². The van der Waals surface area contributed by atoms with E-state index in [0.717, 1.165) is 36.3 Å². The second-order valence-corrected chi connectivity index (χ2v) is 5.51. The van der Waals surface area contributed by atoms with Gasteiger partial charge in [0.1, 0.15) is 5.75 Å². The Labute approximate surface area is 131 Å². The van der Waals surface area contributed by atoms with E-state index in [-0.39, 0.29) is 12.4 Å². The fourth-order valence-corrected chi connectivity index (χ4v) is 2.58. The zero-order valence-corrected chi connectivity index (χ0v) is 13.5. The smallest absolute Gasteiger partial charge is 0.387 e. The second-order valence-electron chi connectivity index (χ2n) is 5.51. The van der Waals surface area contributed by atoms with Crippen LogP contribution < -0.4 is 10.1 Å². The van der Waals surface area contributed by atoms with Crippen LogP contribution in [0.2, 0.25) is 0 Å². The first-order chi connectivity index (χ1) is 9.45. The van der Waals surface area contributed by atoms with Gasteiger partial charge in [-0.05, 0) is 38.0 Å². The van der Waals surface area contributed by atoms with Gasteiger partial charge < -0.3 is 10.1 Å². The summed E-state index contributed by atoms with van der Waals surface area (Å²) < 4.78 is 29.7. The number of rotatable bonds is 4. The lowest BCUT2D eigenvalue weighted by atomic mass is 10.0. The first-order valence-electron chi connectivity index (χ1n) is 6.96. The van der Waals surface area contributed by atoms with Gasteiger partial charge in [0.15, 0.2) is 0 Å². The van der Waals surface area contributed by atoms with Crippen molar-refractivity contribution in [1.82, 2.24) is 10.2 Å². The molecule has 21 heavy (non-hydrogen) atoms. The molecule has 1 N–H and O–H groups in total. The zero-order chi connectivity index (χ0) is 14.7. The number of ether oxygens (including phenoxy) is 1. The minimum atomic E-state index is -2.78. The van der Waals surface area contributed by atoms with Gasteiger partial charge in [-0.2, -0.15) is 8.78 Å². The first-order valence-corrected chi connectivity index (χ1v) is 6.96. The Hall–Kier alpha value is -0.910. The molecule has 0 radical (unpaired) electrons. The van der Waals surface area contributed by atoms with Gasteiger partial charge >= 0.3 is 6.61 Å². The molecule has 0 saturated carbocycles. The number of piperazine rings is 1. The highest BCUT2D eigenvalue weighted by Gasteiger charge is 2.19. The molecule has 0 amide bonds. The minimum Gasteiger partial charge on any atom is -0.434 e. The van der Waals surface area contributed by atoms with E-state index < -0.39 is 6.61 Å². The monoisotopic (exact) mass is 320 g/mol. The van der Waals surface area contributed by atoms with Crippen LogP contribution in [-0.4, -0.2) is 37.2 Å². The molecule has 1 fully saturated rings. The largest absolute Gasteiger partial charge is 0.434 e. The summed E-state index contributed by atoms with van der Waals surface area (Å²) in [5, 5.41) is 3.37. The molecule has 1 aromatic carbocycles. The number of halogens is 3. The van der Waals surface area contributed by atoms with Crippen LogP contribution in [0.15, 0.2) is 12.1 Å². The Morgan fingerprint density at radius 2 is 2.00 bits per heavy atom. The summed E-state index contributed by atoms with van der Waals surface area (Å²) in [6, 6.07) is 4.09. The van der Waals surface area contributed by atoms with Crippen LogP contribution in [0.3, 0.4) is 0 Å². The van der Waals surface area contributed by atoms with Crippen LogP contribution in [0.5, 0.6) is 5.75 Å². The number of benzene rings is 1. The topological polar surface area (TPSA) is 24.5 Å². The lowest BCUT2D eigenvalue weighted by Gasteiger charge is -2.32. The third kappa shape index (κ3) is 5.09. The summed E-state index contributed by atoms with van der Waals surface area (Å²) in [6.45, 7) is 6.66. The van der Waals surface area contributed by atoms with E-state index >= 15 is 0 Å². The summed E-state index contributed by atoms with van der Waals surface area (Å²) in [6.07, 6.45) is 0. The molecule has 2 rings (SSSR count). The fourth-order valence-electron chi connectivity index (χ4n) is 2.58. The van der Waals surface area contributed by atoms with Crippen molar-refractivity contribution in [2.75, 3.05) is 19.6 Å². The molecule has 1 aromatic rings. The molecular formula is C15H23ClF2N2O. The number of hydrogen-bond donors (Lipinski definition) is 1. The lowest BCUT2D eigenvalue weighted by molar-refractivity contribution is -0.0508. The minimum absolute atomic E-state index is 0. The Morgan fingerprint density at radius 1 is 1.33 bits per heavy atom. The van der Waals surface area contributed by atoms with Crippen LogP contribution >= 0.6 is 12.4 Å². The third-order valence-corrected chi connectivity index (χ3v) is 3.74. The molecule has 0 aromatic heterocycles. The normalized spacial score (nSPS) is 19.4. The summed E-state index contributed by atoms with van der Waals surface area (Å²) in [4.78, 5) is 2.27. The highest BCUT2D eigenvalue weighted by molar-refractivity contribution is 5.85. The van der Waals surface area contributed by atoms with Gasteiger partial charge in [0, 0.05) is 37.8 Å². The SMILES string of the molecule is Cc1cc(CN2CCN[C@H](C)C2)c(OC(F)F)cc1C.Cl. The van der Waals surface area contributed by atoms with Gasteiger partial charge in [-0.3, -0.25) is 4.90 Å². The first kappa shape index (κ1) is 18.1. The molecule has 3 nitrogen and oxygen atoms in total. The number of nitrogens with one attached hydrogen (secondary N) is 1. The van der Waals surface area contributed by atoms with E-state index in [4.69, 9.17) is 0 Å². The molecule has 0 aliphatic carbocycles. The molecule has 1 aliphatic heterocycles. The van der Waals surface area contributed by atoms with Crippen molar-refractivity contribution in [1.29, 1.82) is 0 Å². The average molecular weight is 321 g/mol. The Kier molecular flexibility index (Phi) is 6.84. The van der Waals surface area contributed by atoms with Crippen LogP contribution in [0.1, 0.15) is 23.6 Å². The Morgan fingerprint density at radius 3 is 2.62 bits per heavy atom. The summed E-state index contributed by atoms with van der Waals surface area (Å²) in [5.74, 6) is 0.300. The Bertz CT molecular complexity index is 471. The van der Waals surface area contributed by atoms with Gasteiger partial charge in [-0.15, -0.1) is 12.4 Å².